The van der Waals surface area contributed by atoms with E-state index < -0.39 is 11.4 Å². The van der Waals surface area contributed by atoms with Crippen molar-refractivity contribution in [1.82, 2.24) is 0 Å². The minimum Gasteiger partial charge on any atom is -0.480 e. The van der Waals surface area contributed by atoms with Crippen LogP contribution in [-0.4, -0.2) is 16.9 Å². The largest absolute Gasteiger partial charge is 0.480 e. The molecule has 17 heavy (non-hydrogen) atoms. The number of hydrogen-bond acceptors (Lipinski definition) is 2. The van der Waals surface area contributed by atoms with Crippen LogP contribution in [0.2, 0.25) is 0 Å². The Morgan fingerprint density at radius 2 is 1.82 bits per heavy atom. The van der Waals surface area contributed by atoms with Crippen molar-refractivity contribution >= 4 is 11.8 Å². The molecule has 1 unspecified atom stereocenters. The highest BCUT2D eigenvalue weighted by atomic mass is 16.4. The second kappa shape index (κ2) is 5.62. The van der Waals surface area contributed by atoms with Gasteiger partial charge in [-0.15, -0.1) is 0 Å². The first-order valence-corrected chi connectivity index (χ1v) is 5.85. The molecule has 0 bridgehead atoms. The van der Waals surface area contributed by atoms with Crippen LogP contribution in [0.25, 0.3) is 0 Å². The number of benzene rings is 1. The van der Waals surface area contributed by atoms with Crippen LogP contribution in [0, 0.1) is 5.41 Å². The smallest absolute Gasteiger partial charge is 0.317 e. The number of Topliss-reactive ketones (excluding diaryl/α,β-unsaturated/α-hetero) is 1. The number of unbranched alkanes of at least 4 members (excludes halogenated alkanes) is 1. The molecule has 0 aromatic heterocycles. The molecule has 0 fully saturated rings. The summed E-state index contributed by atoms with van der Waals surface area (Å²) in [6, 6.07) is 8.62. The van der Waals surface area contributed by atoms with E-state index >= 15 is 0 Å². The standard InChI is InChI=1S/C14H18O3/c1-3-4-10-14(2,13(16)17)12(15)11-8-6-5-7-9-11/h5-9H,3-4,10H2,1-2H3,(H,16,17). The van der Waals surface area contributed by atoms with Crippen molar-refractivity contribution in [3.8, 4) is 0 Å². The van der Waals surface area contributed by atoms with E-state index in [4.69, 9.17) is 0 Å². The number of carboxylic acid groups (broad SMARTS) is 1. The summed E-state index contributed by atoms with van der Waals surface area (Å²) in [5, 5.41) is 9.27. The van der Waals surface area contributed by atoms with E-state index in [1.54, 1.807) is 30.3 Å². The molecule has 3 heteroatoms. The van der Waals surface area contributed by atoms with Crippen LogP contribution in [0.3, 0.4) is 0 Å². The number of hydrogen-bond donors (Lipinski definition) is 1. The zero-order valence-electron chi connectivity index (χ0n) is 10.3. The Labute approximate surface area is 101 Å². The van der Waals surface area contributed by atoms with E-state index in [2.05, 4.69) is 0 Å². The van der Waals surface area contributed by atoms with Crippen molar-refractivity contribution in [2.24, 2.45) is 5.41 Å². The first kappa shape index (κ1) is 13.4. The fourth-order valence-electron chi connectivity index (χ4n) is 1.76. The third kappa shape index (κ3) is 2.93. The Morgan fingerprint density at radius 1 is 1.24 bits per heavy atom. The quantitative estimate of drug-likeness (QED) is 0.607. The van der Waals surface area contributed by atoms with Gasteiger partial charge in [-0.1, -0.05) is 50.1 Å². The van der Waals surface area contributed by atoms with Crippen LogP contribution in [0.4, 0.5) is 0 Å². The van der Waals surface area contributed by atoms with Crippen molar-refractivity contribution in [2.45, 2.75) is 33.1 Å². The Balaban J connectivity index is 2.99. The number of carbonyl (C=O) groups is 2. The third-order valence-corrected chi connectivity index (χ3v) is 3.04. The summed E-state index contributed by atoms with van der Waals surface area (Å²) in [6.45, 7) is 3.50. The van der Waals surface area contributed by atoms with Gasteiger partial charge in [0.1, 0.15) is 5.41 Å². The van der Waals surface area contributed by atoms with Crippen LogP contribution in [-0.2, 0) is 4.79 Å². The van der Waals surface area contributed by atoms with Crippen molar-refractivity contribution in [1.29, 1.82) is 0 Å². The van der Waals surface area contributed by atoms with Crippen molar-refractivity contribution < 1.29 is 14.7 Å². The van der Waals surface area contributed by atoms with Gasteiger partial charge in [0.05, 0.1) is 0 Å². The SMILES string of the molecule is CCCCC(C)(C(=O)O)C(=O)c1ccccc1. The highest BCUT2D eigenvalue weighted by molar-refractivity contribution is 6.11. The molecule has 0 radical (unpaired) electrons. The van der Waals surface area contributed by atoms with Crippen LogP contribution < -0.4 is 0 Å². The van der Waals surface area contributed by atoms with Gasteiger partial charge in [-0.25, -0.2) is 0 Å². The predicted octanol–water partition coefficient (Wildman–Crippen LogP) is 3.15. The summed E-state index contributed by atoms with van der Waals surface area (Å²) in [5.74, 6) is -1.35. The molecule has 0 spiro atoms. The zero-order chi connectivity index (χ0) is 12.9. The Bertz CT molecular complexity index is 397. The second-order valence-electron chi connectivity index (χ2n) is 4.44. The molecule has 1 aromatic carbocycles. The Morgan fingerprint density at radius 3 is 2.29 bits per heavy atom. The average molecular weight is 234 g/mol. The zero-order valence-corrected chi connectivity index (χ0v) is 10.3. The maximum atomic E-state index is 12.2. The Kier molecular flexibility index (Phi) is 4.44. The molecule has 0 aliphatic carbocycles. The van der Waals surface area contributed by atoms with Crippen molar-refractivity contribution in [3.63, 3.8) is 0 Å². The summed E-state index contributed by atoms with van der Waals surface area (Å²) in [7, 11) is 0. The number of carbonyl (C=O) groups excluding carboxylic acids is 1. The first-order chi connectivity index (χ1) is 8.02. The molecule has 0 amide bonds. The van der Waals surface area contributed by atoms with Gasteiger partial charge in [-0.3, -0.25) is 9.59 Å². The van der Waals surface area contributed by atoms with Gasteiger partial charge in [-0.2, -0.15) is 0 Å². The van der Waals surface area contributed by atoms with E-state index in [1.165, 1.54) is 6.92 Å². The summed E-state index contributed by atoms with van der Waals surface area (Å²) in [5.41, 5.74) is -0.842. The van der Waals surface area contributed by atoms with Crippen LogP contribution >= 0.6 is 0 Å². The Hall–Kier alpha value is -1.64. The number of aliphatic carboxylic acids is 1. The molecule has 0 aliphatic rings. The average Bonchev–Trinajstić information content (AvgIpc) is 2.35. The highest BCUT2D eigenvalue weighted by Crippen LogP contribution is 2.29. The number of rotatable bonds is 6. The highest BCUT2D eigenvalue weighted by Gasteiger charge is 2.40. The lowest BCUT2D eigenvalue weighted by Gasteiger charge is -2.23. The van der Waals surface area contributed by atoms with Gasteiger partial charge in [0, 0.05) is 5.56 Å². The molecule has 1 rings (SSSR count). The molecule has 92 valence electrons. The number of ketones is 1. The van der Waals surface area contributed by atoms with Crippen LogP contribution in [0.15, 0.2) is 30.3 Å². The molecule has 1 N–H and O–H groups in total. The van der Waals surface area contributed by atoms with E-state index in [0.29, 0.717) is 12.0 Å². The molecule has 0 saturated heterocycles. The summed E-state index contributed by atoms with van der Waals surface area (Å²) in [6.07, 6.45) is 2.00. The molecule has 0 aliphatic heterocycles. The summed E-state index contributed by atoms with van der Waals surface area (Å²) < 4.78 is 0. The van der Waals surface area contributed by atoms with Gasteiger partial charge < -0.3 is 5.11 Å². The van der Waals surface area contributed by atoms with Gasteiger partial charge in [0.15, 0.2) is 5.78 Å². The summed E-state index contributed by atoms with van der Waals surface area (Å²) >= 11 is 0. The van der Waals surface area contributed by atoms with Crippen LogP contribution in [0.1, 0.15) is 43.5 Å². The predicted molar refractivity (Wildman–Crippen MR) is 66.0 cm³/mol. The molecule has 0 heterocycles. The molecule has 0 saturated carbocycles. The van der Waals surface area contributed by atoms with E-state index in [0.717, 1.165) is 12.8 Å². The van der Waals surface area contributed by atoms with Gasteiger partial charge in [0.2, 0.25) is 0 Å². The molecule has 1 aromatic rings. The summed E-state index contributed by atoms with van der Waals surface area (Å²) in [4.78, 5) is 23.6. The fourth-order valence-corrected chi connectivity index (χ4v) is 1.76. The van der Waals surface area contributed by atoms with Crippen molar-refractivity contribution in [3.05, 3.63) is 35.9 Å². The van der Waals surface area contributed by atoms with E-state index in [-0.39, 0.29) is 5.78 Å². The van der Waals surface area contributed by atoms with Gasteiger partial charge >= 0.3 is 5.97 Å². The fraction of sp³-hybridized carbons (Fsp3) is 0.429. The number of carboxylic acids is 1. The van der Waals surface area contributed by atoms with E-state index in [1.807, 2.05) is 6.92 Å². The lowest BCUT2D eigenvalue weighted by Crippen LogP contribution is -2.36. The van der Waals surface area contributed by atoms with E-state index in [9.17, 15) is 14.7 Å². The van der Waals surface area contributed by atoms with Crippen LogP contribution in [0.5, 0.6) is 0 Å². The second-order valence-corrected chi connectivity index (χ2v) is 4.44. The normalized spacial score (nSPS) is 14.0. The molecule has 3 nitrogen and oxygen atoms in total. The maximum Gasteiger partial charge on any atom is 0.317 e. The minimum absolute atomic E-state index is 0.306. The molecule has 1 atom stereocenters. The minimum atomic E-state index is -1.31. The lowest BCUT2D eigenvalue weighted by atomic mass is 9.78. The molecular formula is C14H18O3. The third-order valence-electron chi connectivity index (χ3n) is 3.04. The van der Waals surface area contributed by atoms with Crippen molar-refractivity contribution in [2.75, 3.05) is 0 Å². The van der Waals surface area contributed by atoms with Gasteiger partial charge in [-0.05, 0) is 13.3 Å². The molecular weight excluding hydrogens is 216 g/mol. The van der Waals surface area contributed by atoms with Gasteiger partial charge in [0.25, 0.3) is 0 Å². The lowest BCUT2D eigenvalue weighted by molar-refractivity contribution is -0.145. The monoisotopic (exact) mass is 234 g/mol. The topological polar surface area (TPSA) is 54.4 Å². The first-order valence-electron chi connectivity index (χ1n) is 5.85. The maximum absolute atomic E-state index is 12.2.